The maximum Gasteiger partial charge on any atom is 0.419 e. The molecule has 0 saturated carbocycles. The molecule has 0 unspecified atom stereocenters. The summed E-state index contributed by atoms with van der Waals surface area (Å²) >= 11 is 5.41. The van der Waals surface area contributed by atoms with E-state index in [9.17, 15) is 27.2 Å². The molecule has 0 atom stereocenters. The van der Waals surface area contributed by atoms with E-state index < -0.39 is 35.1 Å². The van der Waals surface area contributed by atoms with E-state index in [-0.39, 0.29) is 48.0 Å². The number of benzene rings is 1. The van der Waals surface area contributed by atoms with Crippen LogP contribution >= 0.6 is 12.2 Å². The van der Waals surface area contributed by atoms with Crippen molar-refractivity contribution in [1.82, 2.24) is 4.98 Å². The fourth-order valence-electron chi connectivity index (χ4n) is 3.24. The van der Waals surface area contributed by atoms with Gasteiger partial charge in [-0.05, 0) is 49.8 Å². The highest BCUT2D eigenvalue weighted by Crippen LogP contribution is 2.34. The van der Waals surface area contributed by atoms with Gasteiger partial charge in [0.25, 0.3) is 0 Å². The normalized spacial score (nSPS) is 14.7. The molecule has 172 valence electrons. The van der Waals surface area contributed by atoms with Gasteiger partial charge in [-0.2, -0.15) is 18.4 Å². The first-order valence-electron chi connectivity index (χ1n) is 9.67. The summed E-state index contributed by atoms with van der Waals surface area (Å²) in [4.78, 5) is 30.6. The van der Waals surface area contributed by atoms with Crippen molar-refractivity contribution in [2.75, 3.05) is 23.0 Å². The van der Waals surface area contributed by atoms with Crippen LogP contribution in [-0.2, 0) is 15.7 Å². The van der Waals surface area contributed by atoms with Crippen molar-refractivity contribution < 1.29 is 31.9 Å². The van der Waals surface area contributed by atoms with Gasteiger partial charge in [-0.3, -0.25) is 9.69 Å². The Morgan fingerprint density at radius 3 is 2.67 bits per heavy atom. The second-order valence-electron chi connectivity index (χ2n) is 6.85. The number of thiocarbonyl (C=S) groups is 1. The quantitative estimate of drug-likeness (QED) is 0.368. The molecule has 1 fully saturated rings. The van der Waals surface area contributed by atoms with Crippen LogP contribution < -0.4 is 9.80 Å². The van der Waals surface area contributed by atoms with Crippen LogP contribution in [0, 0.1) is 17.1 Å². The highest BCUT2D eigenvalue weighted by atomic mass is 32.1. The zero-order chi connectivity index (χ0) is 24.3. The summed E-state index contributed by atoms with van der Waals surface area (Å²) in [5.74, 6) is -2.29. The van der Waals surface area contributed by atoms with Gasteiger partial charge in [0.05, 0.1) is 29.6 Å². The molecule has 1 aliphatic heterocycles. The molecule has 12 heteroatoms. The lowest BCUT2D eigenvalue weighted by atomic mass is 10.1. The number of pyridine rings is 1. The Morgan fingerprint density at radius 2 is 2.03 bits per heavy atom. The van der Waals surface area contributed by atoms with Crippen LogP contribution in [0.2, 0.25) is 0 Å². The van der Waals surface area contributed by atoms with Gasteiger partial charge in [-0.15, -0.1) is 0 Å². The van der Waals surface area contributed by atoms with Crippen LogP contribution in [0.4, 0.5) is 28.9 Å². The van der Waals surface area contributed by atoms with Crippen molar-refractivity contribution in [3.8, 4) is 6.07 Å². The molecule has 3 rings (SSSR count). The molecule has 0 N–H and O–H groups in total. The summed E-state index contributed by atoms with van der Waals surface area (Å²) in [6.45, 7) is 1.78. The number of nitrogens with zero attached hydrogens (tertiary/aromatic N) is 4. The van der Waals surface area contributed by atoms with Crippen molar-refractivity contribution in [2.45, 2.75) is 25.9 Å². The maximum atomic E-state index is 14.2. The van der Waals surface area contributed by atoms with Crippen molar-refractivity contribution in [3.63, 3.8) is 0 Å². The Labute approximate surface area is 191 Å². The van der Waals surface area contributed by atoms with Crippen LogP contribution in [0.5, 0.6) is 0 Å². The molecule has 1 aromatic carbocycles. The topological polar surface area (TPSA) is 86.5 Å². The van der Waals surface area contributed by atoms with Gasteiger partial charge >= 0.3 is 12.1 Å². The number of carbonyl (C=O) groups excluding carboxylic acids is 2. The van der Waals surface area contributed by atoms with Crippen LogP contribution in [0.15, 0.2) is 30.5 Å². The third kappa shape index (κ3) is 4.93. The van der Waals surface area contributed by atoms with Gasteiger partial charge in [-0.25, -0.2) is 14.2 Å². The summed E-state index contributed by atoms with van der Waals surface area (Å²) in [6, 6.07) is 5.57. The predicted molar refractivity (Wildman–Crippen MR) is 113 cm³/mol. The van der Waals surface area contributed by atoms with E-state index in [1.165, 1.54) is 23.1 Å². The SMILES string of the molecule is CCOC(=O)c1cc(N2CCCC(=O)N(c3cnc(C#N)c(C(F)(F)F)c3)C2=S)ccc1F. The molecule has 0 aliphatic carbocycles. The molecular formula is C21H16F4N4O3S. The Bertz CT molecular complexity index is 1160. The van der Waals surface area contributed by atoms with Crippen molar-refractivity contribution in [1.29, 1.82) is 5.26 Å². The second kappa shape index (κ2) is 9.50. The number of anilines is 2. The number of ether oxygens (including phenoxy) is 1. The smallest absolute Gasteiger partial charge is 0.419 e. The third-order valence-corrected chi connectivity index (χ3v) is 5.15. The number of amides is 1. The number of nitriles is 1. The number of hydrogen-bond acceptors (Lipinski definition) is 6. The number of rotatable bonds is 4. The maximum absolute atomic E-state index is 14.2. The van der Waals surface area contributed by atoms with Crippen molar-refractivity contribution in [2.24, 2.45) is 0 Å². The lowest BCUT2D eigenvalue weighted by Gasteiger charge is -2.30. The number of halogens is 4. The largest absolute Gasteiger partial charge is 0.462 e. The summed E-state index contributed by atoms with van der Waals surface area (Å²) in [6.07, 6.45) is -3.67. The first-order valence-corrected chi connectivity index (χ1v) is 10.1. The van der Waals surface area contributed by atoms with Gasteiger partial charge in [-0.1, -0.05) is 0 Å². The lowest BCUT2D eigenvalue weighted by molar-refractivity contribution is -0.138. The molecule has 1 saturated heterocycles. The highest BCUT2D eigenvalue weighted by Gasteiger charge is 2.37. The molecule has 2 aromatic rings. The number of aromatic nitrogens is 1. The molecule has 0 bridgehead atoms. The predicted octanol–water partition coefficient (Wildman–Crippen LogP) is 4.21. The van der Waals surface area contributed by atoms with E-state index in [4.69, 9.17) is 22.2 Å². The van der Waals surface area contributed by atoms with E-state index in [0.717, 1.165) is 17.2 Å². The Morgan fingerprint density at radius 1 is 1.30 bits per heavy atom. The molecular weight excluding hydrogens is 464 g/mol. The van der Waals surface area contributed by atoms with Gasteiger partial charge in [0.1, 0.15) is 11.9 Å². The number of alkyl halides is 3. The van der Waals surface area contributed by atoms with Gasteiger partial charge in [0.2, 0.25) is 5.91 Å². The fourth-order valence-corrected chi connectivity index (χ4v) is 3.65. The lowest BCUT2D eigenvalue weighted by Crippen LogP contribution is -2.44. The van der Waals surface area contributed by atoms with Crippen LogP contribution in [-0.4, -0.2) is 35.1 Å². The van der Waals surface area contributed by atoms with E-state index in [1.807, 2.05) is 0 Å². The molecule has 33 heavy (non-hydrogen) atoms. The summed E-state index contributed by atoms with van der Waals surface area (Å²) in [5, 5.41) is 8.78. The van der Waals surface area contributed by atoms with Crippen molar-refractivity contribution in [3.05, 3.63) is 53.1 Å². The van der Waals surface area contributed by atoms with E-state index in [1.54, 1.807) is 6.92 Å². The first kappa shape index (κ1) is 24.1. The average Bonchev–Trinajstić information content (AvgIpc) is 2.91. The third-order valence-electron chi connectivity index (χ3n) is 4.74. The fraction of sp³-hybridized carbons (Fsp3) is 0.286. The molecule has 2 heterocycles. The Balaban J connectivity index is 2.06. The van der Waals surface area contributed by atoms with Gasteiger partial charge in [0.15, 0.2) is 10.8 Å². The Kier molecular flexibility index (Phi) is 6.92. The molecule has 1 aromatic heterocycles. The molecule has 0 spiro atoms. The molecule has 7 nitrogen and oxygen atoms in total. The van der Waals surface area contributed by atoms with Crippen LogP contribution in [0.3, 0.4) is 0 Å². The molecule has 1 aliphatic rings. The van der Waals surface area contributed by atoms with Crippen LogP contribution in [0.1, 0.15) is 41.4 Å². The summed E-state index contributed by atoms with van der Waals surface area (Å²) < 4.78 is 59.2. The monoisotopic (exact) mass is 480 g/mol. The molecule has 0 radical (unpaired) electrons. The first-order chi connectivity index (χ1) is 15.6. The molecule has 1 amide bonds. The Hall–Kier alpha value is -3.59. The van der Waals surface area contributed by atoms with Crippen molar-refractivity contribution >= 4 is 40.6 Å². The zero-order valence-corrected chi connectivity index (χ0v) is 18.0. The van der Waals surface area contributed by atoms with E-state index in [2.05, 4.69) is 4.98 Å². The highest BCUT2D eigenvalue weighted by molar-refractivity contribution is 7.81. The minimum Gasteiger partial charge on any atom is -0.462 e. The van der Waals surface area contributed by atoms with Gasteiger partial charge < -0.3 is 9.64 Å². The minimum absolute atomic E-state index is 0.0279. The summed E-state index contributed by atoms with van der Waals surface area (Å²) in [5.41, 5.74) is -2.51. The number of esters is 1. The van der Waals surface area contributed by atoms with E-state index >= 15 is 0 Å². The number of hydrogen-bond donors (Lipinski definition) is 0. The minimum atomic E-state index is -4.88. The average molecular weight is 480 g/mol. The summed E-state index contributed by atoms with van der Waals surface area (Å²) in [7, 11) is 0. The van der Waals surface area contributed by atoms with E-state index in [0.29, 0.717) is 6.07 Å². The standard InChI is InChI=1S/C21H16F4N4O3S/c1-2-32-19(31)14-8-12(5-6-16(14)22)28-7-3-4-18(30)29(20(28)33)13-9-15(21(23,24)25)17(10-26)27-11-13/h5-6,8-9,11H,2-4,7H2,1H3. The van der Waals surface area contributed by atoms with Crippen LogP contribution in [0.25, 0.3) is 0 Å². The number of carbonyl (C=O) groups is 2. The second-order valence-corrected chi connectivity index (χ2v) is 7.22. The van der Waals surface area contributed by atoms with Gasteiger partial charge in [0, 0.05) is 18.7 Å². The zero-order valence-electron chi connectivity index (χ0n) is 17.1.